The van der Waals surface area contributed by atoms with Gasteiger partial charge in [-0.05, 0) is 25.2 Å². The molecule has 0 fully saturated rings. The molecular formula is C14H22N2O3. The summed E-state index contributed by atoms with van der Waals surface area (Å²) in [4.78, 5) is 26.4. The predicted molar refractivity (Wildman–Crippen MR) is 74.2 cm³/mol. The second kappa shape index (κ2) is 6.52. The minimum atomic E-state index is -0.363. The standard InChI is InChI=1S/C14H22N2O3/c1-10-7-12(18)11(8-15-10)13(19)16-9-14(2,3)5-4-6-17/h7-8,17H,4-6,9H2,1-3H3,(H,15,18)(H,16,19). The van der Waals surface area contributed by atoms with Crippen molar-refractivity contribution in [3.8, 4) is 0 Å². The first-order chi connectivity index (χ1) is 8.85. The molecule has 106 valence electrons. The topological polar surface area (TPSA) is 82.2 Å². The average Bonchev–Trinajstić information content (AvgIpc) is 2.34. The van der Waals surface area contributed by atoms with Crippen LogP contribution in [0.3, 0.4) is 0 Å². The first-order valence-electron chi connectivity index (χ1n) is 6.44. The highest BCUT2D eigenvalue weighted by molar-refractivity contribution is 5.93. The van der Waals surface area contributed by atoms with Crippen LogP contribution in [0.5, 0.6) is 0 Å². The number of aliphatic hydroxyl groups is 1. The Morgan fingerprint density at radius 1 is 1.47 bits per heavy atom. The summed E-state index contributed by atoms with van der Waals surface area (Å²) in [7, 11) is 0. The Morgan fingerprint density at radius 2 is 2.16 bits per heavy atom. The number of aliphatic hydroxyl groups excluding tert-OH is 1. The van der Waals surface area contributed by atoms with Crippen LogP contribution in [-0.2, 0) is 0 Å². The van der Waals surface area contributed by atoms with Crippen molar-refractivity contribution in [2.24, 2.45) is 5.41 Å². The zero-order chi connectivity index (χ0) is 14.5. The molecule has 1 rings (SSSR count). The first-order valence-corrected chi connectivity index (χ1v) is 6.44. The van der Waals surface area contributed by atoms with Gasteiger partial charge in [0.15, 0.2) is 5.43 Å². The molecule has 0 saturated heterocycles. The lowest BCUT2D eigenvalue weighted by Crippen LogP contribution is -2.36. The Labute approximate surface area is 113 Å². The summed E-state index contributed by atoms with van der Waals surface area (Å²) >= 11 is 0. The molecule has 0 aliphatic carbocycles. The van der Waals surface area contributed by atoms with Crippen molar-refractivity contribution >= 4 is 5.91 Å². The second-order valence-electron chi connectivity index (χ2n) is 5.57. The van der Waals surface area contributed by atoms with E-state index in [2.05, 4.69) is 10.3 Å². The highest BCUT2D eigenvalue weighted by Crippen LogP contribution is 2.20. The van der Waals surface area contributed by atoms with E-state index in [4.69, 9.17) is 5.11 Å². The van der Waals surface area contributed by atoms with E-state index in [9.17, 15) is 9.59 Å². The number of H-pyrrole nitrogens is 1. The van der Waals surface area contributed by atoms with E-state index in [1.807, 2.05) is 13.8 Å². The van der Waals surface area contributed by atoms with Gasteiger partial charge in [0.2, 0.25) is 0 Å². The Balaban J connectivity index is 2.63. The molecule has 0 bridgehead atoms. The summed E-state index contributed by atoms with van der Waals surface area (Å²) in [6.07, 6.45) is 2.95. The summed E-state index contributed by atoms with van der Waals surface area (Å²) in [5, 5.41) is 11.6. The van der Waals surface area contributed by atoms with Gasteiger partial charge in [-0.1, -0.05) is 13.8 Å². The highest BCUT2D eigenvalue weighted by atomic mass is 16.3. The molecule has 1 amide bonds. The van der Waals surface area contributed by atoms with Gasteiger partial charge < -0.3 is 15.4 Å². The third-order valence-corrected chi connectivity index (χ3v) is 3.04. The largest absolute Gasteiger partial charge is 0.396 e. The monoisotopic (exact) mass is 266 g/mol. The van der Waals surface area contributed by atoms with Crippen molar-refractivity contribution in [3.05, 3.63) is 33.7 Å². The van der Waals surface area contributed by atoms with E-state index in [1.54, 1.807) is 6.92 Å². The number of aromatic amines is 1. The normalized spacial score (nSPS) is 11.4. The van der Waals surface area contributed by atoms with E-state index >= 15 is 0 Å². The fraction of sp³-hybridized carbons (Fsp3) is 0.571. The number of rotatable bonds is 6. The molecule has 0 unspecified atom stereocenters. The van der Waals surface area contributed by atoms with E-state index in [0.717, 1.165) is 12.1 Å². The first kappa shape index (κ1) is 15.4. The number of nitrogens with one attached hydrogen (secondary N) is 2. The van der Waals surface area contributed by atoms with Gasteiger partial charge in [0.25, 0.3) is 5.91 Å². The number of aromatic nitrogens is 1. The molecule has 5 heteroatoms. The minimum Gasteiger partial charge on any atom is -0.396 e. The molecule has 19 heavy (non-hydrogen) atoms. The van der Waals surface area contributed by atoms with E-state index in [0.29, 0.717) is 13.0 Å². The van der Waals surface area contributed by atoms with Gasteiger partial charge >= 0.3 is 0 Å². The SMILES string of the molecule is Cc1cc(=O)c(C(=O)NCC(C)(C)CCCO)c[nH]1. The number of hydrogen-bond acceptors (Lipinski definition) is 3. The fourth-order valence-corrected chi connectivity index (χ4v) is 1.81. The van der Waals surface area contributed by atoms with Crippen molar-refractivity contribution in [3.63, 3.8) is 0 Å². The van der Waals surface area contributed by atoms with Crippen LogP contribution >= 0.6 is 0 Å². The number of aryl methyl sites for hydroxylation is 1. The van der Waals surface area contributed by atoms with Crippen LogP contribution in [0, 0.1) is 12.3 Å². The lowest BCUT2D eigenvalue weighted by atomic mass is 9.88. The molecule has 0 aromatic carbocycles. The maximum absolute atomic E-state index is 11.9. The van der Waals surface area contributed by atoms with E-state index < -0.39 is 0 Å². The number of pyridine rings is 1. The summed E-state index contributed by atoms with van der Waals surface area (Å²) in [5.41, 5.74) is 0.478. The van der Waals surface area contributed by atoms with Gasteiger partial charge in [-0.2, -0.15) is 0 Å². The third kappa shape index (κ3) is 4.87. The molecule has 0 aliphatic rings. The van der Waals surface area contributed by atoms with Crippen molar-refractivity contribution in [2.45, 2.75) is 33.6 Å². The Hall–Kier alpha value is -1.62. The van der Waals surface area contributed by atoms with Crippen LogP contribution in [0.2, 0.25) is 0 Å². The third-order valence-electron chi connectivity index (χ3n) is 3.04. The molecule has 0 saturated carbocycles. The maximum Gasteiger partial charge on any atom is 0.256 e. The lowest BCUT2D eigenvalue weighted by molar-refractivity contribution is 0.0931. The molecular weight excluding hydrogens is 244 g/mol. The van der Waals surface area contributed by atoms with Crippen molar-refractivity contribution in [1.82, 2.24) is 10.3 Å². The number of carbonyl (C=O) groups excluding carboxylic acids is 1. The number of amides is 1. The van der Waals surface area contributed by atoms with Crippen LogP contribution in [0.4, 0.5) is 0 Å². The van der Waals surface area contributed by atoms with Crippen LogP contribution in [0.15, 0.2) is 17.1 Å². The molecule has 0 radical (unpaired) electrons. The van der Waals surface area contributed by atoms with Crippen molar-refractivity contribution in [2.75, 3.05) is 13.2 Å². The van der Waals surface area contributed by atoms with Gasteiger partial charge in [-0.25, -0.2) is 0 Å². The number of carbonyl (C=O) groups is 1. The maximum atomic E-state index is 11.9. The molecule has 1 aromatic rings. The summed E-state index contributed by atoms with van der Waals surface area (Å²) in [5.74, 6) is -0.363. The van der Waals surface area contributed by atoms with Gasteiger partial charge in [-0.3, -0.25) is 9.59 Å². The molecule has 0 aliphatic heterocycles. The Bertz CT molecular complexity index is 492. The Morgan fingerprint density at radius 3 is 2.74 bits per heavy atom. The zero-order valence-corrected chi connectivity index (χ0v) is 11.7. The van der Waals surface area contributed by atoms with Crippen molar-refractivity contribution in [1.29, 1.82) is 0 Å². The van der Waals surface area contributed by atoms with Gasteiger partial charge in [0.05, 0.1) is 0 Å². The van der Waals surface area contributed by atoms with Crippen molar-refractivity contribution < 1.29 is 9.90 Å². The van der Waals surface area contributed by atoms with Crippen LogP contribution in [0.25, 0.3) is 0 Å². The fourth-order valence-electron chi connectivity index (χ4n) is 1.81. The lowest BCUT2D eigenvalue weighted by Gasteiger charge is -2.24. The minimum absolute atomic E-state index is 0.101. The Kier molecular flexibility index (Phi) is 5.30. The summed E-state index contributed by atoms with van der Waals surface area (Å²) < 4.78 is 0. The molecule has 1 heterocycles. The van der Waals surface area contributed by atoms with Crippen LogP contribution < -0.4 is 10.7 Å². The van der Waals surface area contributed by atoms with E-state index in [1.165, 1.54) is 12.3 Å². The molecule has 5 nitrogen and oxygen atoms in total. The molecule has 3 N–H and O–H groups in total. The van der Waals surface area contributed by atoms with Crippen LogP contribution in [-0.4, -0.2) is 29.1 Å². The second-order valence-corrected chi connectivity index (χ2v) is 5.57. The highest BCUT2D eigenvalue weighted by Gasteiger charge is 2.19. The quantitative estimate of drug-likeness (QED) is 0.724. The summed E-state index contributed by atoms with van der Waals surface area (Å²) in [6, 6.07) is 1.41. The average molecular weight is 266 g/mol. The van der Waals surface area contributed by atoms with Crippen LogP contribution in [0.1, 0.15) is 42.7 Å². The van der Waals surface area contributed by atoms with Gasteiger partial charge in [0, 0.05) is 31.1 Å². The number of hydrogen-bond donors (Lipinski definition) is 3. The molecule has 1 aromatic heterocycles. The van der Waals surface area contributed by atoms with Gasteiger partial charge in [-0.15, -0.1) is 0 Å². The zero-order valence-electron chi connectivity index (χ0n) is 11.7. The van der Waals surface area contributed by atoms with Gasteiger partial charge in [0.1, 0.15) is 5.56 Å². The molecule has 0 atom stereocenters. The van der Waals surface area contributed by atoms with E-state index in [-0.39, 0.29) is 28.9 Å². The predicted octanol–water partition coefficient (Wildman–Crippen LogP) is 1.21. The smallest absolute Gasteiger partial charge is 0.256 e. The molecule has 0 spiro atoms. The summed E-state index contributed by atoms with van der Waals surface area (Å²) in [6.45, 7) is 6.42.